The zero-order valence-corrected chi connectivity index (χ0v) is 17.5. The highest BCUT2D eigenvalue weighted by molar-refractivity contribution is 5.85. The predicted octanol–water partition coefficient (Wildman–Crippen LogP) is 3.51. The van der Waals surface area contributed by atoms with Crippen LogP contribution in [0.15, 0.2) is 36.8 Å². The highest BCUT2D eigenvalue weighted by atomic mass is 16.1. The highest BCUT2D eigenvalue weighted by Gasteiger charge is 2.25. The maximum atomic E-state index is 12.8. The van der Waals surface area contributed by atoms with Crippen LogP contribution in [0.3, 0.4) is 0 Å². The van der Waals surface area contributed by atoms with Crippen molar-refractivity contribution in [1.29, 1.82) is 0 Å². The van der Waals surface area contributed by atoms with Crippen molar-refractivity contribution in [2.24, 2.45) is 18.9 Å². The van der Waals surface area contributed by atoms with Gasteiger partial charge in [0.25, 0.3) is 0 Å². The van der Waals surface area contributed by atoms with E-state index in [0.717, 1.165) is 60.3 Å². The van der Waals surface area contributed by atoms with Gasteiger partial charge in [0.2, 0.25) is 0 Å². The molecule has 6 heteroatoms. The number of piperidine rings is 1. The van der Waals surface area contributed by atoms with E-state index in [2.05, 4.69) is 28.8 Å². The minimum Gasteiger partial charge on any atom is -0.303 e. The lowest BCUT2D eigenvalue weighted by Gasteiger charge is -2.32. The molecule has 0 N–H and O–H groups in total. The Morgan fingerprint density at radius 1 is 1.21 bits per heavy atom. The van der Waals surface area contributed by atoms with Crippen molar-refractivity contribution in [2.45, 2.75) is 33.1 Å². The largest absolute Gasteiger partial charge is 0.303 e. The second-order valence-electron chi connectivity index (χ2n) is 8.58. The van der Waals surface area contributed by atoms with Crippen LogP contribution in [0, 0.1) is 11.8 Å². The third-order valence-electron chi connectivity index (χ3n) is 5.65. The van der Waals surface area contributed by atoms with Crippen molar-refractivity contribution in [2.75, 3.05) is 19.6 Å². The molecule has 3 aromatic heterocycles. The molecule has 0 radical (unpaired) electrons. The summed E-state index contributed by atoms with van der Waals surface area (Å²) in [7, 11) is 1.89. The summed E-state index contributed by atoms with van der Waals surface area (Å²) in [6, 6.07) is 5.96. The van der Waals surface area contributed by atoms with Crippen LogP contribution in [0.25, 0.3) is 22.2 Å². The van der Waals surface area contributed by atoms with E-state index in [1.54, 1.807) is 4.68 Å². The summed E-state index contributed by atoms with van der Waals surface area (Å²) < 4.78 is 1.77. The Hall–Kier alpha value is -2.60. The van der Waals surface area contributed by atoms with E-state index in [1.165, 1.54) is 0 Å². The zero-order chi connectivity index (χ0) is 20.4. The van der Waals surface area contributed by atoms with Gasteiger partial charge < -0.3 is 4.90 Å². The Labute approximate surface area is 172 Å². The van der Waals surface area contributed by atoms with E-state index < -0.39 is 0 Å². The smallest absolute Gasteiger partial charge is 0.142 e. The molecule has 1 aliphatic rings. The molecular weight excluding hydrogens is 362 g/mol. The van der Waals surface area contributed by atoms with Crippen LogP contribution in [-0.2, 0) is 18.3 Å². The van der Waals surface area contributed by atoms with Crippen molar-refractivity contribution >= 4 is 16.7 Å². The van der Waals surface area contributed by atoms with Crippen LogP contribution in [0.4, 0.5) is 0 Å². The van der Waals surface area contributed by atoms with Gasteiger partial charge in [-0.15, -0.1) is 0 Å². The summed E-state index contributed by atoms with van der Waals surface area (Å²) in [5.41, 5.74) is 3.54. The molecule has 0 saturated carbocycles. The molecule has 152 valence electrons. The number of hydrogen-bond acceptors (Lipinski definition) is 5. The number of carbonyl (C=O) groups is 1. The molecule has 3 aromatic rings. The number of rotatable bonds is 6. The molecule has 1 fully saturated rings. The Morgan fingerprint density at radius 2 is 2.00 bits per heavy atom. The maximum Gasteiger partial charge on any atom is 0.142 e. The normalized spacial score (nSPS) is 16.0. The van der Waals surface area contributed by atoms with Crippen molar-refractivity contribution in [3.8, 4) is 11.3 Å². The monoisotopic (exact) mass is 391 g/mol. The number of Topliss-reactive ketones (excluding diaryl/α,β-unsaturated/α-hetero) is 1. The predicted molar refractivity (Wildman–Crippen MR) is 114 cm³/mol. The van der Waals surface area contributed by atoms with E-state index in [0.29, 0.717) is 18.1 Å². The number of ketones is 1. The van der Waals surface area contributed by atoms with Crippen LogP contribution in [0.1, 0.15) is 32.4 Å². The molecule has 4 rings (SSSR count). The first-order valence-corrected chi connectivity index (χ1v) is 10.5. The lowest BCUT2D eigenvalue weighted by molar-refractivity contribution is -0.123. The fourth-order valence-electron chi connectivity index (χ4n) is 4.15. The lowest BCUT2D eigenvalue weighted by atomic mass is 9.90. The van der Waals surface area contributed by atoms with Crippen molar-refractivity contribution in [1.82, 2.24) is 24.6 Å². The Balaban J connectivity index is 1.44. The van der Waals surface area contributed by atoms with Crippen LogP contribution < -0.4 is 0 Å². The molecule has 0 amide bonds. The first kappa shape index (κ1) is 19.7. The molecule has 0 aromatic carbocycles. The minimum absolute atomic E-state index is 0.158. The summed E-state index contributed by atoms with van der Waals surface area (Å²) >= 11 is 0. The van der Waals surface area contributed by atoms with Gasteiger partial charge >= 0.3 is 0 Å². The maximum absolute atomic E-state index is 12.8. The fourth-order valence-corrected chi connectivity index (χ4v) is 4.15. The Kier molecular flexibility index (Phi) is 5.72. The number of hydrogen-bond donors (Lipinski definition) is 0. The van der Waals surface area contributed by atoms with Gasteiger partial charge in [-0.1, -0.05) is 13.8 Å². The molecule has 0 aliphatic carbocycles. The Bertz CT molecular complexity index is 1000. The van der Waals surface area contributed by atoms with E-state index in [-0.39, 0.29) is 5.92 Å². The average Bonchev–Trinajstić information content (AvgIpc) is 3.14. The molecular formula is C23H29N5O. The summed E-state index contributed by atoms with van der Waals surface area (Å²) in [6.07, 6.45) is 7.90. The second kappa shape index (κ2) is 8.41. The number of nitrogens with zero attached hydrogens (tertiary/aromatic N) is 5. The molecule has 29 heavy (non-hydrogen) atoms. The number of pyridine rings is 2. The van der Waals surface area contributed by atoms with Gasteiger partial charge in [-0.3, -0.25) is 14.5 Å². The van der Waals surface area contributed by atoms with Gasteiger partial charge in [-0.2, -0.15) is 5.10 Å². The van der Waals surface area contributed by atoms with Gasteiger partial charge in [-0.25, -0.2) is 4.98 Å². The standard InChI is InChI=1S/C23H29N5O/c1-16(2)14-28-8-6-17(7-9-28)23(29)11-20-10-22-18(12-24-20)4-5-21(26-22)19-13-25-27(3)15-19/h4-5,10,12-13,15-17H,6-9,11,14H2,1-3H3. The zero-order valence-electron chi connectivity index (χ0n) is 17.5. The highest BCUT2D eigenvalue weighted by Crippen LogP contribution is 2.23. The molecule has 0 atom stereocenters. The average molecular weight is 392 g/mol. The minimum atomic E-state index is 0.158. The molecule has 4 heterocycles. The van der Waals surface area contributed by atoms with Crippen LogP contribution in [-0.4, -0.2) is 50.1 Å². The summed E-state index contributed by atoms with van der Waals surface area (Å²) in [4.78, 5) is 24.6. The van der Waals surface area contributed by atoms with E-state index in [9.17, 15) is 4.79 Å². The molecule has 6 nitrogen and oxygen atoms in total. The number of aryl methyl sites for hydroxylation is 1. The van der Waals surface area contributed by atoms with Crippen LogP contribution in [0.5, 0.6) is 0 Å². The molecule has 0 spiro atoms. The van der Waals surface area contributed by atoms with Crippen molar-refractivity contribution in [3.05, 3.63) is 42.5 Å². The molecule has 0 bridgehead atoms. The quantitative estimate of drug-likeness (QED) is 0.643. The second-order valence-corrected chi connectivity index (χ2v) is 8.58. The van der Waals surface area contributed by atoms with Crippen molar-refractivity contribution < 1.29 is 4.79 Å². The molecule has 0 unspecified atom stereocenters. The summed E-state index contributed by atoms with van der Waals surface area (Å²) in [5, 5.41) is 5.20. The van der Waals surface area contributed by atoms with Crippen LogP contribution in [0.2, 0.25) is 0 Å². The van der Waals surface area contributed by atoms with Crippen LogP contribution >= 0.6 is 0 Å². The third-order valence-corrected chi connectivity index (χ3v) is 5.65. The Morgan fingerprint density at radius 3 is 2.69 bits per heavy atom. The van der Waals surface area contributed by atoms with Gasteiger partial charge in [0.15, 0.2) is 0 Å². The van der Waals surface area contributed by atoms with Crippen molar-refractivity contribution in [3.63, 3.8) is 0 Å². The van der Waals surface area contributed by atoms with E-state index >= 15 is 0 Å². The third kappa shape index (κ3) is 4.70. The van der Waals surface area contributed by atoms with E-state index in [1.807, 2.05) is 43.8 Å². The SMILES string of the molecule is CC(C)CN1CCC(C(=O)Cc2cc3nc(-c4cnn(C)c4)ccc3cn2)CC1. The van der Waals surface area contributed by atoms with Gasteiger partial charge in [-0.05, 0) is 50.0 Å². The van der Waals surface area contributed by atoms with Gasteiger partial charge in [0.05, 0.1) is 17.4 Å². The molecule has 1 aliphatic heterocycles. The number of aromatic nitrogens is 4. The fraction of sp³-hybridized carbons (Fsp3) is 0.478. The first-order chi connectivity index (χ1) is 14.0. The first-order valence-electron chi connectivity index (χ1n) is 10.5. The van der Waals surface area contributed by atoms with E-state index in [4.69, 9.17) is 4.98 Å². The lowest BCUT2D eigenvalue weighted by Crippen LogP contribution is -2.38. The summed E-state index contributed by atoms with van der Waals surface area (Å²) in [6.45, 7) is 7.66. The number of fused-ring (bicyclic) bond motifs is 1. The molecule has 1 saturated heterocycles. The van der Waals surface area contributed by atoms with Gasteiger partial charge in [0, 0.05) is 55.0 Å². The number of carbonyl (C=O) groups excluding carboxylic acids is 1. The topological polar surface area (TPSA) is 63.9 Å². The van der Waals surface area contributed by atoms with Gasteiger partial charge in [0.1, 0.15) is 5.78 Å². The number of likely N-dealkylation sites (tertiary alicyclic amines) is 1. The summed E-state index contributed by atoms with van der Waals surface area (Å²) in [5.74, 6) is 1.14.